The van der Waals surface area contributed by atoms with Crippen molar-refractivity contribution in [2.24, 2.45) is 5.92 Å². The van der Waals surface area contributed by atoms with Gasteiger partial charge in [0, 0.05) is 0 Å². The van der Waals surface area contributed by atoms with Gasteiger partial charge in [0.25, 0.3) is 0 Å². The van der Waals surface area contributed by atoms with Crippen molar-refractivity contribution in [1.82, 2.24) is 0 Å². The highest BCUT2D eigenvalue weighted by molar-refractivity contribution is 6.78. The van der Waals surface area contributed by atoms with E-state index in [0.29, 0.717) is 5.92 Å². The maximum Gasteiger partial charge on any atom is 0.0824 e. The third-order valence-electron chi connectivity index (χ3n) is 3.56. The SMILES string of the molecule is C[C@@H]1CCCC[C@@]1(O)[Si](C)(C)C. The molecule has 1 nitrogen and oxygen atoms in total. The Kier molecular flexibility index (Phi) is 2.69. The molecule has 0 radical (unpaired) electrons. The second-order valence-corrected chi connectivity index (χ2v) is 10.7. The molecule has 12 heavy (non-hydrogen) atoms. The van der Waals surface area contributed by atoms with Crippen LogP contribution in [0, 0.1) is 5.92 Å². The quantitative estimate of drug-likeness (QED) is 0.624. The van der Waals surface area contributed by atoms with E-state index < -0.39 is 8.07 Å². The smallest absolute Gasteiger partial charge is 0.0824 e. The van der Waals surface area contributed by atoms with E-state index in [1.54, 1.807) is 0 Å². The maximum absolute atomic E-state index is 10.5. The van der Waals surface area contributed by atoms with Crippen LogP contribution in [0.5, 0.6) is 0 Å². The van der Waals surface area contributed by atoms with Crippen LogP contribution in [0.15, 0.2) is 0 Å². The van der Waals surface area contributed by atoms with Crippen molar-refractivity contribution in [3.63, 3.8) is 0 Å². The summed E-state index contributed by atoms with van der Waals surface area (Å²) in [6.07, 6.45) is 4.81. The van der Waals surface area contributed by atoms with E-state index in [4.69, 9.17) is 0 Å². The van der Waals surface area contributed by atoms with Crippen molar-refractivity contribution in [1.29, 1.82) is 0 Å². The Morgan fingerprint density at radius 3 is 2.17 bits per heavy atom. The number of rotatable bonds is 1. The molecule has 2 atom stereocenters. The fourth-order valence-electron chi connectivity index (χ4n) is 2.44. The van der Waals surface area contributed by atoms with Gasteiger partial charge in [-0.3, -0.25) is 0 Å². The van der Waals surface area contributed by atoms with Crippen molar-refractivity contribution >= 4 is 8.07 Å². The molecule has 0 heterocycles. The zero-order chi connectivity index (χ0) is 9.41. The van der Waals surface area contributed by atoms with E-state index in [1.165, 1.54) is 19.3 Å². The van der Waals surface area contributed by atoms with Gasteiger partial charge in [-0.2, -0.15) is 0 Å². The summed E-state index contributed by atoms with van der Waals surface area (Å²) in [6, 6.07) is 0. The fourth-order valence-corrected chi connectivity index (χ4v) is 4.99. The number of hydrogen-bond acceptors (Lipinski definition) is 1. The van der Waals surface area contributed by atoms with Crippen molar-refractivity contribution < 1.29 is 5.11 Å². The van der Waals surface area contributed by atoms with E-state index in [-0.39, 0.29) is 5.22 Å². The van der Waals surface area contributed by atoms with Gasteiger partial charge in [-0.05, 0) is 18.8 Å². The first-order valence-electron chi connectivity index (χ1n) is 5.10. The molecule has 1 saturated carbocycles. The molecule has 1 fully saturated rings. The first-order chi connectivity index (χ1) is 5.38. The van der Waals surface area contributed by atoms with E-state index in [0.717, 1.165) is 6.42 Å². The van der Waals surface area contributed by atoms with Crippen molar-refractivity contribution in [2.45, 2.75) is 57.5 Å². The van der Waals surface area contributed by atoms with E-state index in [2.05, 4.69) is 26.6 Å². The number of aliphatic hydroxyl groups is 1. The van der Waals surface area contributed by atoms with Crippen LogP contribution < -0.4 is 0 Å². The lowest BCUT2D eigenvalue weighted by Gasteiger charge is -2.46. The van der Waals surface area contributed by atoms with E-state index in [9.17, 15) is 5.11 Å². The molecule has 0 bridgehead atoms. The summed E-state index contributed by atoms with van der Waals surface area (Å²) < 4.78 is 0. The highest BCUT2D eigenvalue weighted by Gasteiger charge is 2.46. The molecule has 1 aliphatic carbocycles. The first kappa shape index (κ1) is 10.3. The molecule has 0 aromatic rings. The lowest BCUT2D eigenvalue weighted by Crippen LogP contribution is -2.57. The summed E-state index contributed by atoms with van der Waals surface area (Å²) in [5.74, 6) is 0.526. The Bertz CT molecular complexity index is 162. The average Bonchev–Trinajstić information content (AvgIpc) is 1.93. The monoisotopic (exact) mass is 186 g/mol. The second kappa shape index (κ2) is 3.15. The molecule has 0 aliphatic heterocycles. The molecule has 1 aliphatic rings. The predicted molar refractivity (Wildman–Crippen MR) is 55.9 cm³/mol. The molecule has 0 aromatic heterocycles. The molecule has 0 saturated heterocycles. The third-order valence-corrected chi connectivity index (χ3v) is 6.90. The summed E-state index contributed by atoms with van der Waals surface area (Å²) in [6.45, 7) is 9.08. The van der Waals surface area contributed by atoms with Gasteiger partial charge in [-0.1, -0.05) is 39.4 Å². The lowest BCUT2D eigenvalue weighted by molar-refractivity contribution is 0.0251. The topological polar surface area (TPSA) is 20.2 Å². The van der Waals surface area contributed by atoms with Crippen molar-refractivity contribution in [2.75, 3.05) is 0 Å². The summed E-state index contributed by atoms with van der Waals surface area (Å²) in [5, 5.41) is 10.3. The van der Waals surface area contributed by atoms with Crippen LogP contribution in [0.1, 0.15) is 32.6 Å². The lowest BCUT2D eigenvalue weighted by atomic mass is 9.87. The Balaban J connectivity index is 2.79. The van der Waals surface area contributed by atoms with Gasteiger partial charge in [-0.15, -0.1) is 0 Å². The van der Waals surface area contributed by atoms with Crippen molar-refractivity contribution in [3.05, 3.63) is 0 Å². The highest BCUT2D eigenvalue weighted by Crippen LogP contribution is 2.39. The normalized spacial score (nSPS) is 38.2. The Hall–Kier alpha value is 0.177. The van der Waals surface area contributed by atoms with Gasteiger partial charge in [-0.25, -0.2) is 0 Å². The molecular formula is C10H22OSi. The molecule has 1 N–H and O–H groups in total. The minimum Gasteiger partial charge on any atom is -0.393 e. The zero-order valence-corrected chi connectivity index (χ0v) is 9.85. The van der Waals surface area contributed by atoms with Gasteiger partial charge >= 0.3 is 0 Å². The highest BCUT2D eigenvalue weighted by atomic mass is 28.3. The van der Waals surface area contributed by atoms with Crippen LogP contribution in [0.4, 0.5) is 0 Å². The summed E-state index contributed by atoms with van der Waals surface area (Å²) in [5.41, 5.74) is 0. The zero-order valence-electron chi connectivity index (χ0n) is 8.85. The molecule has 1 rings (SSSR count). The Morgan fingerprint density at radius 2 is 1.83 bits per heavy atom. The van der Waals surface area contributed by atoms with E-state index >= 15 is 0 Å². The summed E-state index contributed by atoms with van der Waals surface area (Å²) >= 11 is 0. The Labute approximate surface area is 77.2 Å². The fraction of sp³-hybridized carbons (Fsp3) is 1.00. The molecule has 0 aromatic carbocycles. The van der Waals surface area contributed by atoms with Crippen LogP contribution in [0.25, 0.3) is 0 Å². The van der Waals surface area contributed by atoms with Gasteiger partial charge in [0.15, 0.2) is 0 Å². The van der Waals surface area contributed by atoms with Gasteiger partial charge in [0.05, 0.1) is 13.3 Å². The standard InChI is InChI=1S/C10H22OSi/c1-9-7-5-6-8-10(9,11)12(2,3)4/h9,11H,5-8H2,1-4H3/t9-,10-/m1/s1. The molecular weight excluding hydrogens is 164 g/mol. The second-order valence-electron chi connectivity index (χ2n) is 5.32. The van der Waals surface area contributed by atoms with Crippen LogP contribution in [-0.4, -0.2) is 18.4 Å². The van der Waals surface area contributed by atoms with Crippen LogP contribution in [0.3, 0.4) is 0 Å². The molecule has 72 valence electrons. The minimum absolute atomic E-state index is 0.286. The molecule has 0 spiro atoms. The third kappa shape index (κ3) is 1.60. The van der Waals surface area contributed by atoms with Gasteiger partial charge < -0.3 is 5.11 Å². The molecule has 0 amide bonds. The predicted octanol–water partition coefficient (Wildman–Crippen LogP) is 2.81. The van der Waals surface area contributed by atoms with Crippen LogP contribution in [-0.2, 0) is 0 Å². The van der Waals surface area contributed by atoms with Gasteiger partial charge in [0.1, 0.15) is 0 Å². The van der Waals surface area contributed by atoms with E-state index in [1.807, 2.05) is 0 Å². The average molecular weight is 186 g/mol. The molecule has 0 unspecified atom stereocenters. The largest absolute Gasteiger partial charge is 0.393 e. The van der Waals surface area contributed by atoms with Gasteiger partial charge in [0.2, 0.25) is 0 Å². The van der Waals surface area contributed by atoms with Crippen molar-refractivity contribution in [3.8, 4) is 0 Å². The summed E-state index contributed by atoms with van der Waals surface area (Å²) in [7, 11) is -1.39. The Morgan fingerprint density at radius 1 is 1.25 bits per heavy atom. The van der Waals surface area contributed by atoms with Crippen LogP contribution in [0.2, 0.25) is 19.6 Å². The minimum atomic E-state index is -1.39. The first-order valence-corrected chi connectivity index (χ1v) is 8.60. The summed E-state index contributed by atoms with van der Waals surface area (Å²) in [4.78, 5) is 0. The van der Waals surface area contributed by atoms with Crippen LogP contribution >= 0.6 is 0 Å². The molecule has 2 heteroatoms. The number of hydrogen-bond donors (Lipinski definition) is 1. The maximum atomic E-state index is 10.5.